The van der Waals surface area contributed by atoms with Crippen molar-refractivity contribution < 1.29 is 4.79 Å². The summed E-state index contributed by atoms with van der Waals surface area (Å²) in [5, 5.41) is 2.76. The average molecular weight is 301 g/mol. The van der Waals surface area contributed by atoms with E-state index in [-0.39, 0.29) is 10.9 Å². The number of rotatable bonds is 3. The molecule has 1 aromatic rings. The number of thiocarbonyl (C=S) groups is 1. The predicted molar refractivity (Wildman–Crippen MR) is 73.3 cm³/mol. The Bertz CT molecular complexity index is 414. The lowest BCUT2D eigenvalue weighted by Gasteiger charge is -2.21. The van der Waals surface area contributed by atoms with Gasteiger partial charge in [0, 0.05) is 10.2 Å². The summed E-state index contributed by atoms with van der Waals surface area (Å²) >= 11 is 8.18. The van der Waals surface area contributed by atoms with Crippen molar-refractivity contribution >= 4 is 44.7 Å². The highest BCUT2D eigenvalue weighted by atomic mass is 79.9. The SMILES string of the molecule is CC(C)(C(=O)Nc1ccc(Br)cc1)C(N)=S. The molecule has 3 N–H and O–H groups in total. The lowest BCUT2D eigenvalue weighted by atomic mass is 9.92. The topological polar surface area (TPSA) is 55.1 Å². The van der Waals surface area contributed by atoms with Gasteiger partial charge in [0.15, 0.2) is 0 Å². The fourth-order valence-corrected chi connectivity index (χ4v) is 1.29. The van der Waals surface area contributed by atoms with Crippen molar-refractivity contribution in [2.24, 2.45) is 11.1 Å². The third-order valence-corrected chi connectivity index (χ3v) is 3.32. The molecule has 0 aliphatic heterocycles. The van der Waals surface area contributed by atoms with Gasteiger partial charge in [-0.25, -0.2) is 0 Å². The van der Waals surface area contributed by atoms with Crippen LogP contribution in [0.25, 0.3) is 0 Å². The molecule has 0 bridgehead atoms. The van der Waals surface area contributed by atoms with Gasteiger partial charge in [0.2, 0.25) is 5.91 Å². The predicted octanol–water partition coefficient (Wildman–Crippen LogP) is 2.70. The van der Waals surface area contributed by atoms with E-state index < -0.39 is 5.41 Å². The zero-order valence-corrected chi connectivity index (χ0v) is 11.5. The summed E-state index contributed by atoms with van der Waals surface area (Å²) in [6.45, 7) is 3.40. The fourth-order valence-electron chi connectivity index (χ4n) is 0.932. The number of benzene rings is 1. The highest BCUT2D eigenvalue weighted by Gasteiger charge is 2.30. The Balaban J connectivity index is 2.79. The number of carbonyl (C=O) groups is 1. The molecule has 0 saturated heterocycles. The Morgan fingerprint density at radius 2 is 1.88 bits per heavy atom. The van der Waals surface area contributed by atoms with Crippen LogP contribution in [-0.4, -0.2) is 10.9 Å². The lowest BCUT2D eigenvalue weighted by Crippen LogP contribution is -2.41. The summed E-state index contributed by atoms with van der Waals surface area (Å²) in [6.07, 6.45) is 0. The summed E-state index contributed by atoms with van der Waals surface area (Å²) in [6, 6.07) is 7.31. The van der Waals surface area contributed by atoms with Crippen molar-refractivity contribution in [3.05, 3.63) is 28.7 Å². The molecule has 0 aliphatic carbocycles. The standard InChI is InChI=1S/C11H13BrN2OS/c1-11(2,9(13)16)10(15)14-8-5-3-7(12)4-6-8/h3-6H,1-2H3,(H2,13,16)(H,14,15). The molecule has 1 aromatic carbocycles. The van der Waals surface area contributed by atoms with Crippen LogP contribution in [0.1, 0.15) is 13.8 Å². The minimum absolute atomic E-state index is 0.183. The summed E-state index contributed by atoms with van der Waals surface area (Å²) in [5.74, 6) is -0.206. The number of hydrogen-bond acceptors (Lipinski definition) is 2. The van der Waals surface area contributed by atoms with Crippen LogP contribution >= 0.6 is 28.1 Å². The maximum absolute atomic E-state index is 11.9. The van der Waals surface area contributed by atoms with E-state index in [0.29, 0.717) is 0 Å². The second-order valence-electron chi connectivity index (χ2n) is 3.95. The number of nitrogens with two attached hydrogens (primary N) is 1. The maximum atomic E-state index is 11.9. The largest absolute Gasteiger partial charge is 0.392 e. The molecule has 0 heterocycles. The van der Waals surface area contributed by atoms with Crippen molar-refractivity contribution in [2.45, 2.75) is 13.8 Å². The van der Waals surface area contributed by atoms with Gasteiger partial charge in [0.05, 0.1) is 10.4 Å². The first-order chi connectivity index (χ1) is 7.34. The average Bonchev–Trinajstić information content (AvgIpc) is 2.21. The first kappa shape index (κ1) is 13.1. The van der Waals surface area contributed by atoms with E-state index in [2.05, 4.69) is 21.2 Å². The number of carbonyl (C=O) groups excluding carboxylic acids is 1. The van der Waals surface area contributed by atoms with E-state index in [0.717, 1.165) is 10.2 Å². The number of halogens is 1. The van der Waals surface area contributed by atoms with Crippen molar-refractivity contribution in [2.75, 3.05) is 5.32 Å². The van der Waals surface area contributed by atoms with Crippen LogP contribution in [0.2, 0.25) is 0 Å². The van der Waals surface area contributed by atoms with Gasteiger partial charge in [-0.15, -0.1) is 0 Å². The van der Waals surface area contributed by atoms with Gasteiger partial charge < -0.3 is 11.1 Å². The molecule has 1 rings (SSSR count). The molecule has 16 heavy (non-hydrogen) atoms. The van der Waals surface area contributed by atoms with Gasteiger partial charge in [-0.05, 0) is 38.1 Å². The molecular weight excluding hydrogens is 288 g/mol. The minimum Gasteiger partial charge on any atom is -0.392 e. The van der Waals surface area contributed by atoms with Gasteiger partial charge in [-0.3, -0.25) is 4.79 Å². The molecule has 1 amide bonds. The molecule has 0 aliphatic rings. The van der Waals surface area contributed by atoms with E-state index in [1.54, 1.807) is 26.0 Å². The molecule has 0 saturated carbocycles. The molecule has 0 atom stereocenters. The molecule has 0 aromatic heterocycles. The smallest absolute Gasteiger partial charge is 0.236 e. The van der Waals surface area contributed by atoms with Crippen molar-refractivity contribution in [3.8, 4) is 0 Å². The molecule has 86 valence electrons. The molecule has 5 heteroatoms. The third-order valence-electron chi connectivity index (χ3n) is 2.29. The van der Waals surface area contributed by atoms with E-state index in [1.165, 1.54) is 0 Å². The normalized spacial score (nSPS) is 10.9. The van der Waals surface area contributed by atoms with Crippen LogP contribution in [0.5, 0.6) is 0 Å². The van der Waals surface area contributed by atoms with E-state index >= 15 is 0 Å². The van der Waals surface area contributed by atoms with E-state index in [9.17, 15) is 4.79 Å². The fraction of sp³-hybridized carbons (Fsp3) is 0.273. The van der Waals surface area contributed by atoms with Crippen LogP contribution in [0.4, 0.5) is 5.69 Å². The second-order valence-corrected chi connectivity index (χ2v) is 5.31. The van der Waals surface area contributed by atoms with Gasteiger partial charge in [0.25, 0.3) is 0 Å². The summed E-state index contributed by atoms with van der Waals surface area (Å²) < 4.78 is 0.958. The minimum atomic E-state index is -0.845. The van der Waals surface area contributed by atoms with E-state index in [1.807, 2.05) is 12.1 Å². The quantitative estimate of drug-likeness (QED) is 0.844. The number of anilines is 1. The van der Waals surface area contributed by atoms with Crippen LogP contribution < -0.4 is 11.1 Å². The number of hydrogen-bond donors (Lipinski definition) is 2. The highest BCUT2D eigenvalue weighted by Crippen LogP contribution is 2.20. The Morgan fingerprint density at radius 3 is 2.31 bits per heavy atom. The van der Waals surface area contributed by atoms with Crippen LogP contribution in [0.15, 0.2) is 28.7 Å². The Kier molecular flexibility index (Phi) is 4.04. The molecule has 0 unspecified atom stereocenters. The first-order valence-corrected chi connectivity index (χ1v) is 5.91. The Morgan fingerprint density at radius 1 is 1.38 bits per heavy atom. The zero-order valence-electron chi connectivity index (χ0n) is 9.08. The maximum Gasteiger partial charge on any atom is 0.236 e. The third kappa shape index (κ3) is 3.02. The summed E-state index contributed by atoms with van der Waals surface area (Å²) in [4.78, 5) is 12.1. The number of amides is 1. The first-order valence-electron chi connectivity index (χ1n) is 4.71. The molecule has 0 fully saturated rings. The molecular formula is C11H13BrN2OS. The lowest BCUT2D eigenvalue weighted by molar-refractivity contribution is -0.121. The van der Waals surface area contributed by atoms with Crippen molar-refractivity contribution in [1.82, 2.24) is 0 Å². The highest BCUT2D eigenvalue weighted by molar-refractivity contribution is 9.10. The van der Waals surface area contributed by atoms with E-state index in [4.69, 9.17) is 18.0 Å². The van der Waals surface area contributed by atoms with Gasteiger partial charge >= 0.3 is 0 Å². The summed E-state index contributed by atoms with van der Waals surface area (Å²) in [7, 11) is 0. The molecule has 0 spiro atoms. The number of nitrogens with one attached hydrogen (secondary N) is 1. The Labute approximate surface area is 109 Å². The molecule has 3 nitrogen and oxygen atoms in total. The van der Waals surface area contributed by atoms with Crippen LogP contribution in [0.3, 0.4) is 0 Å². The second kappa shape index (κ2) is 4.93. The van der Waals surface area contributed by atoms with Crippen molar-refractivity contribution in [1.29, 1.82) is 0 Å². The van der Waals surface area contributed by atoms with Crippen LogP contribution in [0, 0.1) is 5.41 Å². The summed E-state index contributed by atoms with van der Waals surface area (Å²) in [5.41, 5.74) is 5.39. The Hall–Kier alpha value is -0.940. The monoisotopic (exact) mass is 300 g/mol. The van der Waals surface area contributed by atoms with Crippen molar-refractivity contribution in [3.63, 3.8) is 0 Å². The van der Waals surface area contributed by atoms with Crippen LogP contribution in [-0.2, 0) is 4.79 Å². The van der Waals surface area contributed by atoms with Gasteiger partial charge in [-0.1, -0.05) is 28.1 Å². The zero-order chi connectivity index (χ0) is 12.3. The van der Waals surface area contributed by atoms with Gasteiger partial charge in [0.1, 0.15) is 0 Å². The van der Waals surface area contributed by atoms with Gasteiger partial charge in [-0.2, -0.15) is 0 Å². The molecule has 0 radical (unpaired) electrons.